The molecule has 1 aliphatic rings. The summed E-state index contributed by atoms with van der Waals surface area (Å²) in [6.07, 6.45) is -12.2. The molecule has 0 saturated heterocycles. The first kappa shape index (κ1) is 26.1. The number of nitrogens with zero attached hydrogens (tertiary/aromatic N) is 3. The van der Waals surface area contributed by atoms with Crippen molar-refractivity contribution in [2.75, 3.05) is 22.9 Å². The molecular weight excluding hydrogens is 508 g/mol. The Labute approximate surface area is 208 Å². The lowest BCUT2D eigenvalue weighted by atomic mass is 9.96. The SMILES string of the molecule is Cc1cc(CN2C[C@@H](c3cccc(C(F)(F)F)c3)N(C[C@@H](O)C(F)(F)F)c3ccccc32)cc(Cl)n1. The second-order valence-electron chi connectivity index (χ2n) is 8.66. The van der Waals surface area contributed by atoms with Gasteiger partial charge in [-0.15, -0.1) is 0 Å². The Balaban J connectivity index is 1.81. The summed E-state index contributed by atoms with van der Waals surface area (Å²) in [5.41, 5.74) is 1.69. The van der Waals surface area contributed by atoms with Crippen molar-refractivity contribution in [1.29, 1.82) is 0 Å². The lowest BCUT2D eigenvalue weighted by molar-refractivity contribution is -0.200. The molecule has 0 bridgehead atoms. The molecule has 1 aromatic heterocycles. The summed E-state index contributed by atoms with van der Waals surface area (Å²) in [6.45, 7) is 1.30. The quantitative estimate of drug-likeness (QED) is 0.300. The molecule has 0 unspecified atom stereocenters. The number of halogens is 7. The molecule has 0 aliphatic carbocycles. The lowest BCUT2D eigenvalue weighted by Gasteiger charge is -2.46. The number of pyridine rings is 1. The van der Waals surface area contributed by atoms with Crippen LogP contribution in [0.5, 0.6) is 0 Å². The van der Waals surface area contributed by atoms with Gasteiger partial charge in [0.25, 0.3) is 0 Å². The normalized spacial score (nSPS) is 17.2. The van der Waals surface area contributed by atoms with E-state index in [9.17, 15) is 31.4 Å². The topological polar surface area (TPSA) is 39.6 Å². The van der Waals surface area contributed by atoms with Crippen molar-refractivity contribution in [3.8, 4) is 0 Å². The lowest BCUT2D eigenvalue weighted by Crippen LogP contribution is -2.49. The molecule has 3 aromatic rings. The summed E-state index contributed by atoms with van der Waals surface area (Å²) in [6, 6.07) is 13.8. The maximum Gasteiger partial charge on any atom is 0.416 e. The Morgan fingerprint density at radius 2 is 1.69 bits per heavy atom. The van der Waals surface area contributed by atoms with Crippen molar-refractivity contribution < 1.29 is 31.4 Å². The molecule has 4 nitrogen and oxygen atoms in total. The standard InChI is InChI=1S/C25H22ClF6N3O/c1-15-9-16(10-23(26)33-15)12-34-13-21(17-5-4-6-18(11-17)24(27,28)29)35(14-22(36)25(30,31)32)20-8-3-2-7-19(20)34/h2-11,21-22,36H,12-14H2,1H3/t21-,22+/m0/s1. The fourth-order valence-electron chi connectivity index (χ4n) is 4.43. The summed E-state index contributed by atoms with van der Waals surface area (Å²) >= 11 is 6.10. The zero-order valence-corrected chi connectivity index (χ0v) is 19.7. The van der Waals surface area contributed by atoms with Crippen LogP contribution in [0.2, 0.25) is 5.15 Å². The molecule has 0 amide bonds. The molecule has 2 atom stereocenters. The maximum atomic E-state index is 13.4. The number of β-amino-alcohol motifs (C(OH)–C–C–N with tert-alkyl or cyclic N) is 1. The van der Waals surface area contributed by atoms with Gasteiger partial charge in [-0.1, -0.05) is 35.9 Å². The average molecular weight is 530 g/mol. The molecule has 4 rings (SSSR count). The second kappa shape index (κ2) is 9.82. The summed E-state index contributed by atoms with van der Waals surface area (Å²) in [5, 5.41) is 10.2. The van der Waals surface area contributed by atoms with E-state index < -0.39 is 36.6 Å². The molecule has 2 heterocycles. The third-order valence-corrected chi connectivity index (χ3v) is 6.20. The van der Waals surface area contributed by atoms with Crippen molar-refractivity contribution in [3.05, 3.63) is 88.2 Å². The number of anilines is 2. The minimum atomic E-state index is -4.89. The Bertz CT molecular complexity index is 1210. The van der Waals surface area contributed by atoms with Crippen LogP contribution in [0.25, 0.3) is 0 Å². The number of hydrogen-bond acceptors (Lipinski definition) is 4. The highest BCUT2D eigenvalue weighted by Gasteiger charge is 2.42. The van der Waals surface area contributed by atoms with Crippen molar-refractivity contribution >= 4 is 23.0 Å². The van der Waals surface area contributed by atoms with Gasteiger partial charge < -0.3 is 14.9 Å². The van der Waals surface area contributed by atoms with Gasteiger partial charge in [-0.3, -0.25) is 0 Å². The number of aromatic nitrogens is 1. The molecule has 1 aliphatic heterocycles. The monoisotopic (exact) mass is 529 g/mol. The number of aryl methyl sites for hydroxylation is 1. The van der Waals surface area contributed by atoms with Gasteiger partial charge in [0.15, 0.2) is 6.10 Å². The van der Waals surface area contributed by atoms with E-state index >= 15 is 0 Å². The van der Waals surface area contributed by atoms with Gasteiger partial charge in [-0.2, -0.15) is 26.3 Å². The predicted octanol–water partition coefficient (Wildman–Crippen LogP) is 6.55. The molecule has 192 valence electrons. The Kier molecular flexibility index (Phi) is 7.12. The predicted molar refractivity (Wildman–Crippen MR) is 125 cm³/mol. The highest BCUT2D eigenvalue weighted by atomic mass is 35.5. The van der Waals surface area contributed by atoms with Gasteiger partial charge in [0, 0.05) is 18.8 Å². The van der Waals surface area contributed by atoms with Crippen LogP contribution in [0.15, 0.2) is 60.7 Å². The van der Waals surface area contributed by atoms with Crippen molar-refractivity contribution in [2.45, 2.75) is 38.0 Å². The third kappa shape index (κ3) is 5.70. The van der Waals surface area contributed by atoms with Gasteiger partial charge in [-0.05, 0) is 54.4 Å². The number of hydrogen-bond donors (Lipinski definition) is 1. The first-order chi connectivity index (χ1) is 16.8. The van der Waals surface area contributed by atoms with Crippen molar-refractivity contribution in [1.82, 2.24) is 4.98 Å². The number of aliphatic hydroxyl groups excluding tert-OH is 1. The van der Waals surface area contributed by atoms with Gasteiger partial charge in [0.05, 0.1) is 29.5 Å². The largest absolute Gasteiger partial charge is 0.416 e. The fourth-order valence-corrected chi connectivity index (χ4v) is 4.70. The molecule has 1 N–H and O–H groups in total. The minimum Gasteiger partial charge on any atom is -0.382 e. The molecule has 0 fully saturated rings. The third-order valence-electron chi connectivity index (χ3n) is 6.00. The second-order valence-corrected chi connectivity index (χ2v) is 9.04. The van der Waals surface area contributed by atoms with Crippen LogP contribution in [-0.2, 0) is 12.7 Å². The zero-order valence-electron chi connectivity index (χ0n) is 19.0. The van der Waals surface area contributed by atoms with Gasteiger partial charge >= 0.3 is 12.4 Å². The van der Waals surface area contributed by atoms with E-state index in [1.54, 1.807) is 37.3 Å². The van der Waals surface area contributed by atoms with Gasteiger partial charge in [0.1, 0.15) is 5.15 Å². The smallest absolute Gasteiger partial charge is 0.382 e. The van der Waals surface area contributed by atoms with Crippen LogP contribution in [0.3, 0.4) is 0 Å². The molecule has 2 aromatic carbocycles. The minimum absolute atomic E-state index is 0.0713. The number of aliphatic hydroxyl groups is 1. The average Bonchev–Trinajstić information content (AvgIpc) is 2.78. The van der Waals surface area contributed by atoms with Crippen LogP contribution in [0, 0.1) is 6.92 Å². The molecule has 36 heavy (non-hydrogen) atoms. The molecule has 0 spiro atoms. The van der Waals surface area contributed by atoms with Crippen LogP contribution in [-0.4, -0.2) is 35.5 Å². The summed E-state index contributed by atoms with van der Waals surface area (Å²) in [4.78, 5) is 7.33. The highest BCUT2D eigenvalue weighted by molar-refractivity contribution is 6.29. The van der Waals surface area contributed by atoms with E-state index in [2.05, 4.69) is 4.98 Å². The summed E-state index contributed by atoms with van der Waals surface area (Å²) in [5.74, 6) is 0. The van der Waals surface area contributed by atoms with E-state index in [1.807, 2.05) is 11.0 Å². The van der Waals surface area contributed by atoms with E-state index in [-0.39, 0.29) is 17.3 Å². The number of para-hydroxylation sites is 2. The molecule has 11 heteroatoms. The maximum absolute atomic E-state index is 13.4. The van der Waals surface area contributed by atoms with Crippen LogP contribution >= 0.6 is 11.6 Å². The van der Waals surface area contributed by atoms with E-state index in [1.165, 1.54) is 17.0 Å². The molecular formula is C25H22ClF6N3O. The van der Waals surface area contributed by atoms with E-state index in [0.29, 0.717) is 23.6 Å². The zero-order chi connectivity index (χ0) is 26.3. The Morgan fingerprint density at radius 1 is 1.00 bits per heavy atom. The Hall–Kier alpha value is -2.98. The Morgan fingerprint density at radius 3 is 2.33 bits per heavy atom. The van der Waals surface area contributed by atoms with E-state index in [0.717, 1.165) is 17.7 Å². The first-order valence-corrected chi connectivity index (χ1v) is 11.4. The number of fused-ring (bicyclic) bond motifs is 1. The van der Waals surface area contributed by atoms with Crippen molar-refractivity contribution in [2.24, 2.45) is 0 Å². The first-order valence-electron chi connectivity index (χ1n) is 11.0. The van der Waals surface area contributed by atoms with Crippen LogP contribution in [0.1, 0.15) is 28.4 Å². The molecule has 0 radical (unpaired) electrons. The fraction of sp³-hybridized carbons (Fsp3) is 0.320. The van der Waals surface area contributed by atoms with E-state index in [4.69, 9.17) is 11.6 Å². The van der Waals surface area contributed by atoms with Crippen LogP contribution in [0.4, 0.5) is 37.7 Å². The summed E-state index contributed by atoms with van der Waals surface area (Å²) in [7, 11) is 0. The van der Waals surface area contributed by atoms with Crippen molar-refractivity contribution in [3.63, 3.8) is 0 Å². The van der Waals surface area contributed by atoms with Gasteiger partial charge in [-0.25, -0.2) is 4.98 Å². The van der Waals surface area contributed by atoms with Gasteiger partial charge in [0.2, 0.25) is 0 Å². The number of benzene rings is 2. The summed E-state index contributed by atoms with van der Waals surface area (Å²) < 4.78 is 80.3. The number of rotatable bonds is 5. The number of alkyl halides is 6. The molecule has 0 saturated carbocycles. The highest BCUT2D eigenvalue weighted by Crippen LogP contribution is 2.43. The van der Waals surface area contributed by atoms with Crippen LogP contribution < -0.4 is 9.80 Å².